The first-order chi connectivity index (χ1) is 15.4. The Bertz CT molecular complexity index is 1300. The third-order valence-electron chi connectivity index (χ3n) is 6.00. The molecule has 1 unspecified atom stereocenters. The second-order valence-electron chi connectivity index (χ2n) is 8.11. The van der Waals surface area contributed by atoms with Crippen LogP contribution >= 0.6 is 0 Å². The fourth-order valence-corrected chi connectivity index (χ4v) is 4.31. The number of imidazole rings is 1. The average Bonchev–Trinajstić information content (AvgIpc) is 3.18. The van der Waals surface area contributed by atoms with E-state index in [2.05, 4.69) is 16.8 Å². The molecule has 32 heavy (non-hydrogen) atoms. The van der Waals surface area contributed by atoms with Crippen molar-refractivity contribution in [2.45, 2.75) is 38.4 Å². The zero-order valence-corrected chi connectivity index (χ0v) is 18.3. The van der Waals surface area contributed by atoms with Gasteiger partial charge in [-0.25, -0.2) is 9.18 Å². The fourth-order valence-electron chi connectivity index (χ4n) is 4.31. The molecule has 8 nitrogen and oxygen atoms in total. The Hall–Kier alpha value is -3.38. The van der Waals surface area contributed by atoms with E-state index in [1.54, 1.807) is 11.6 Å². The van der Waals surface area contributed by atoms with E-state index in [1.807, 2.05) is 42.2 Å². The Morgan fingerprint density at radius 2 is 2.00 bits per heavy atom. The summed E-state index contributed by atoms with van der Waals surface area (Å²) >= 11 is 0. The lowest BCUT2D eigenvalue weighted by molar-refractivity contribution is 0.496. The lowest BCUT2D eigenvalue weighted by Crippen LogP contribution is -2.44. The lowest BCUT2D eigenvalue weighted by Gasteiger charge is -2.31. The van der Waals surface area contributed by atoms with Crippen LogP contribution in [0.15, 0.2) is 39.9 Å². The van der Waals surface area contributed by atoms with Gasteiger partial charge in [0.1, 0.15) is 6.67 Å². The van der Waals surface area contributed by atoms with Crippen LogP contribution in [0.25, 0.3) is 11.2 Å². The van der Waals surface area contributed by atoms with Crippen molar-refractivity contribution in [2.24, 2.45) is 12.8 Å². The van der Waals surface area contributed by atoms with E-state index in [-0.39, 0.29) is 23.8 Å². The smallest absolute Gasteiger partial charge is 0.333 e. The second kappa shape index (κ2) is 9.01. The molecule has 4 rings (SSSR count). The Morgan fingerprint density at radius 3 is 2.69 bits per heavy atom. The summed E-state index contributed by atoms with van der Waals surface area (Å²) in [7, 11) is 1.61. The van der Waals surface area contributed by atoms with Crippen LogP contribution < -0.4 is 21.9 Å². The van der Waals surface area contributed by atoms with Crippen molar-refractivity contribution in [3.8, 4) is 11.8 Å². The molecule has 1 aliphatic heterocycles. The van der Waals surface area contributed by atoms with E-state index in [0.29, 0.717) is 12.5 Å². The van der Waals surface area contributed by atoms with Gasteiger partial charge in [0.05, 0.1) is 12.6 Å². The first-order valence-corrected chi connectivity index (χ1v) is 10.7. The average molecular weight is 439 g/mol. The van der Waals surface area contributed by atoms with E-state index < -0.39 is 24.0 Å². The van der Waals surface area contributed by atoms with Gasteiger partial charge in [-0.15, -0.1) is 0 Å². The highest BCUT2D eigenvalue weighted by atomic mass is 19.1. The van der Waals surface area contributed by atoms with Gasteiger partial charge in [0.15, 0.2) is 11.2 Å². The molecule has 1 aliphatic rings. The molecule has 0 spiro atoms. The first-order valence-electron chi connectivity index (χ1n) is 10.7. The molecule has 0 aliphatic carbocycles. The number of fused-ring (bicyclic) bond motifs is 1. The second-order valence-corrected chi connectivity index (χ2v) is 8.11. The molecule has 1 saturated heterocycles. The predicted octanol–water partition coefficient (Wildman–Crippen LogP) is 1.41. The number of aryl methyl sites for hydroxylation is 1. The number of halogens is 1. The minimum absolute atomic E-state index is 0.00693. The van der Waals surface area contributed by atoms with Crippen molar-refractivity contribution in [1.82, 2.24) is 18.7 Å². The van der Waals surface area contributed by atoms with Crippen molar-refractivity contribution in [3.05, 3.63) is 56.7 Å². The van der Waals surface area contributed by atoms with E-state index in [1.165, 1.54) is 9.13 Å². The number of nitrogens with two attached hydrogens (primary N) is 1. The maximum absolute atomic E-state index is 13.7. The maximum atomic E-state index is 13.7. The minimum Gasteiger partial charge on any atom is -0.341 e. The molecule has 2 N–H and O–H groups in total. The zero-order valence-electron chi connectivity index (χ0n) is 18.3. The molecule has 0 amide bonds. The summed E-state index contributed by atoms with van der Waals surface area (Å²) in [5.74, 6) is 5.71. The maximum Gasteiger partial charge on any atom is 0.333 e. The highest BCUT2D eigenvalue weighted by molar-refractivity contribution is 5.75. The van der Waals surface area contributed by atoms with Crippen LogP contribution in [0.4, 0.5) is 10.3 Å². The summed E-state index contributed by atoms with van der Waals surface area (Å²) < 4.78 is 17.0. The molecule has 3 aromatic rings. The predicted molar refractivity (Wildman–Crippen MR) is 123 cm³/mol. The van der Waals surface area contributed by atoms with Crippen LogP contribution in [0.1, 0.15) is 31.4 Å². The molecule has 2 aromatic heterocycles. The number of hydrogen-bond donors (Lipinski definition) is 1. The molecule has 0 saturated carbocycles. The van der Waals surface area contributed by atoms with Crippen molar-refractivity contribution >= 4 is 17.1 Å². The minimum atomic E-state index is -0.774. The lowest BCUT2D eigenvalue weighted by atomic mass is 10.1. The highest BCUT2D eigenvalue weighted by Crippen LogP contribution is 2.23. The fraction of sp³-hybridized carbons (Fsp3) is 0.435. The summed E-state index contributed by atoms with van der Waals surface area (Å²) in [6.45, 7) is 2.45. The van der Waals surface area contributed by atoms with Gasteiger partial charge in [0, 0.05) is 26.2 Å². The Kier molecular flexibility index (Phi) is 6.15. The van der Waals surface area contributed by atoms with Crippen LogP contribution in [0, 0.1) is 11.8 Å². The molecular weight excluding hydrogens is 411 g/mol. The number of benzene rings is 1. The van der Waals surface area contributed by atoms with E-state index in [4.69, 9.17) is 5.73 Å². The molecular formula is C23H27FN6O2. The topological polar surface area (TPSA) is 91.1 Å². The van der Waals surface area contributed by atoms with Crippen molar-refractivity contribution in [3.63, 3.8) is 0 Å². The number of aromatic nitrogens is 4. The number of piperidine rings is 1. The third-order valence-corrected chi connectivity index (χ3v) is 6.00. The first kappa shape index (κ1) is 21.8. The summed E-state index contributed by atoms with van der Waals surface area (Å²) in [6, 6.07) is 8.90. The van der Waals surface area contributed by atoms with E-state index in [0.717, 1.165) is 24.9 Å². The molecule has 9 heteroatoms. The molecule has 2 atom stereocenters. The summed E-state index contributed by atoms with van der Waals surface area (Å²) in [5.41, 5.74) is 6.68. The largest absolute Gasteiger partial charge is 0.341 e. The van der Waals surface area contributed by atoms with Crippen molar-refractivity contribution in [2.75, 3.05) is 24.7 Å². The number of hydrogen-bond acceptors (Lipinski definition) is 5. The van der Waals surface area contributed by atoms with Gasteiger partial charge >= 0.3 is 5.69 Å². The summed E-state index contributed by atoms with van der Waals surface area (Å²) in [6.07, 6.45) is 1.81. The SMILES string of the molecule is CC(c1ccccc1)n1c(=O)c2c(nc(N3CCC[C@@H](N)C3)n2CC#CCF)n(C)c1=O. The van der Waals surface area contributed by atoms with Gasteiger partial charge < -0.3 is 10.6 Å². The monoisotopic (exact) mass is 438 g/mol. The number of rotatable bonds is 4. The molecule has 168 valence electrons. The van der Waals surface area contributed by atoms with Crippen LogP contribution in [0.5, 0.6) is 0 Å². The van der Waals surface area contributed by atoms with Crippen molar-refractivity contribution in [1.29, 1.82) is 0 Å². The van der Waals surface area contributed by atoms with Gasteiger partial charge in [0.2, 0.25) is 5.95 Å². The molecule has 1 fully saturated rings. The summed E-state index contributed by atoms with van der Waals surface area (Å²) in [4.78, 5) is 33.5. The van der Waals surface area contributed by atoms with Gasteiger partial charge in [-0.3, -0.25) is 18.5 Å². The number of anilines is 1. The van der Waals surface area contributed by atoms with Gasteiger partial charge in [0.25, 0.3) is 5.56 Å². The van der Waals surface area contributed by atoms with Gasteiger partial charge in [-0.05, 0) is 25.3 Å². The number of nitrogens with zero attached hydrogens (tertiary/aromatic N) is 5. The molecule has 0 bridgehead atoms. The molecule has 0 radical (unpaired) electrons. The number of alkyl halides is 1. The van der Waals surface area contributed by atoms with Crippen LogP contribution in [-0.4, -0.2) is 44.5 Å². The summed E-state index contributed by atoms with van der Waals surface area (Å²) in [5, 5.41) is 0. The standard InChI is InChI=1S/C23H27FN6O2/c1-16(17-9-4-3-5-10-17)30-21(31)19-20(27(2)23(30)32)26-22(29(19)14-7-6-12-24)28-13-8-11-18(25)15-28/h3-5,9-10,16,18H,8,11-15,25H2,1-2H3/t16?,18-/m1/s1. The van der Waals surface area contributed by atoms with Crippen LogP contribution in [0.3, 0.4) is 0 Å². The molecule has 1 aromatic carbocycles. The van der Waals surface area contributed by atoms with Crippen molar-refractivity contribution < 1.29 is 4.39 Å². The van der Waals surface area contributed by atoms with Crippen LogP contribution in [0.2, 0.25) is 0 Å². The molecule has 3 heterocycles. The normalized spacial score (nSPS) is 17.2. The van der Waals surface area contributed by atoms with Gasteiger partial charge in [-0.2, -0.15) is 4.98 Å². The van der Waals surface area contributed by atoms with Gasteiger partial charge in [-0.1, -0.05) is 42.2 Å². The third kappa shape index (κ3) is 3.82. The van der Waals surface area contributed by atoms with Crippen LogP contribution in [-0.2, 0) is 13.6 Å². The highest BCUT2D eigenvalue weighted by Gasteiger charge is 2.27. The van der Waals surface area contributed by atoms with E-state index in [9.17, 15) is 14.0 Å². The zero-order chi connectivity index (χ0) is 22.8. The quantitative estimate of drug-likeness (QED) is 0.622. The Balaban J connectivity index is 1.96. The Labute approximate surface area is 185 Å². The Morgan fingerprint density at radius 1 is 1.25 bits per heavy atom. The van der Waals surface area contributed by atoms with E-state index >= 15 is 0 Å².